The minimum atomic E-state index is -1.21. The second-order valence-corrected chi connectivity index (χ2v) is 6.10. The van der Waals surface area contributed by atoms with E-state index in [0.717, 1.165) is 0 Å². The zero-order valence-corrected chi connectivity index (χ0v) is 15.0. The molecule has 1 amide bonds. The van der Waals surface area contributed by atoms with Crippen molar-refractivity contribution >= 4 is 40.5 Å². The number of hydrogen-bond donors (Lipinski definition) is 3. The Labute approximate surface area is 164 Å². The number of benzene rings is 2. The number of carboxylic acid groups (broad SMARTS) is 2. The molecule has 144 valence electrons. The van der Waals surface area contributed by atoms with Gasteiger partial charge in [0.05, 0.1) is 11.3 Å². The predicted octanol–water partition coefficient (Wildman–Crippen LogP) is 2.97. The molecule has 0 aliphatic rings. The Morgan fingerprint density at radius 1 is 1.07 bits per heavy atom. The normalized spacial score (nSPS) is 11.1. The van der Waals surface area contributed by atoms with E-state index < -0.39 is 17.8 Å². The van der Waals surface area contributed by atoms with Gasteiger partial charge in [-0.05, 0) is 24.3 Å². The number of rotatable bonds is 6. The van der Waals surface area contributed by atoms with E-state index in [1.54, 1.807) is 36.5 Å². The quantitative estimate of drug-likeness (QED) is 0.438. The molecule has 0 saturated heterocycles. The van der Waals surface area contributed by atoms with Crippen molar-refractivity contribution in [1.29, 1.82) is 5.26 Å². The van der Waals surface area contributed by atoms with Crippen LogP contribution in [0, 0.1) is 11.3 Å². The number of aromatic carboxylic acids is 1. The third kappa shape index (κ3) is 4.14. The van der Waals surface area contributed by atoms with Crippen LogP contribution < -0.4 is 5.32 Å². The van der Waals surface area contributed by atoms with Gasteiger partial charge in [-0.3, -0.25) is 9.59 Å². The molecule has 0 spiro atoms. The van der Waals surface area contributed by atoms with Crippen molar-refractivity contribution < 1.29 is 24.6 Å². The maximum atomic E-state index is 12.5. The zero-order valence-electron chi connectivity index (χ0n) is 15.0. The minimum Gasteiger partial charge on any atom is -0.480 e. The first-order chi connectivity index (χ1) is 13.9. The van der Waals surface area contributed by atoms with Gasteiger partial charge in [-0.25, -0.2) is 4.79 Å². The molecule has 0 aliphatic carbocycles. The molecule has 29 heavy (non-hydrogen) atoms. The van der Waals surface area contributed by atoms with Crippen LogP contribution >= 0.6 is 0 Å². The van der Waals surface area contributed by atoms with Crippen LogP contribution in [-0.2, 0) is 16.1 Å². The second kappa shape index (κ2) is 8.10. The summed E-state index contributed by atoms with van der Waals surface area (Å²) in [5, 5.41) is 30.9. The van der Waals surface area contributed by atoms with E-state index in [-0.39, 0.29) is 23.4 Å². The highest BCUT2D eigenvalue weighted by molar-refractivity contribution is 6.12. The molecule has 0 atom stereocenters. The second-order valence-electron chi connectivity index (χ2n) is 6.10. The van der Waals surface area contributed by atoms with Crippen LogP contribution in [0.25, 0.3) is 17.0 Å². The van der Waals surface area contributed by atoms with E-state index in [1.807, 2.05) is 6.07 Å². The summed E-state index contributed by atoms with van der Waals surface area (Å²) in [7, 11) is 0. The van der Waals surface area contributed by atoms with Gasteiger partial charge < -0.3 is 20.1 Å². The maximum absolute atomic E-state index is 12.5. The lowest BCUT2D eigenvalue weighted by Gasteiger charge is -2.07. The summed E-state index contributed by atoms with van der Waals surface area (Å²) < 4.78 is 1.51. The van der Waals surface area contributed by atoms with Gasteiger partial charge in [-0.15, -0.1) is 0 Å². The first-order valence-electron chi connectivity index (χ1n) is 8.46. The average molecular weight is 389 g/mol. The Morgan fingerprint density at radius 3 is 2.45 bits per heavy atom. The molecule has 0 saturated carbocycles. The van der Waals surface area contributed by atoms with Crippen LogP contribution in [0.1, 0.15) is 15.9 Å². The van der Waals surface area contributed by atoms with E-state index in [4.69, 9.17) is 5.11 Å². The molecule has 8 nitrogen and oxygen atoms in total. The number of amides is 1. The number of nitrogens with one attached hydrogen (secondary N) is 1. The Kier molecular flexibility index (Phi) is 5.42. The summed E-state index contributed by atoms with van der Waals surface area (Å²) >= 11 is 0. The number of nitrogens with zero attached hydrogens (tertiary/aromatic N) is 2. The lowest BCUT2D eigenvalue weighted by atomic mass is 10.1. The monoisotopic (exact) mass is 389 g/mol. The third-order valence-corrected chi connectivity index (χ3v) is 4.20. The molecule has 2 aromatic carbocycles. The van der Waals surface area contributed by atoms with Gasteiger partial charge >= 0.3 is 11.9 Å². The summed E-state index contributed by atoms with van der Waals surface area (Å²) in [6, 6.07) is 14.7. The first kappa shape index (κ1) is 19.4. The van der Waals surface area contributed by atoms with Crippen LogP contribution in [0.5, 0.6) is 0 Å². The summed E-state index contributed by atoms with van der Waals surface area (Å²) in [5.41, 5.74) is 0.870. The lowest BCUT2D eigenvalue weighted by molar-refractivity contribution is -0.137. The minimum absolute atomic E-state index is 0.0689. The van der Waals surface area contributed by atoms with E-state index in [2.05, 4.69) is 5.32 Å². The van der Waals surface area contributed by atoms with Crippen molar-refractivity contribution in [2.45, 2.75) is 6.54 Å². The van der Waals surface area contributed by atoms with Crippen molar-refractivity contribution in [3.8, 4) is 6.07 Å². The molecule has 0 bridgehead atoms. The number of carboxylic acids is 2. The highest BCUT2D eigenvalue weighted by Gasteiger charge is 2.16. The van der Waals surface area contributed by atoms with Crippen LogP contribution in [0.4, 0.5) is 5.69 Å². The molecule has 0 fully saturated rings. The number of nitriles is 1. The molecular formula is C21H15N3O5. The Bertz CT molecular complexity index is 1200. The van der Waals surface area contributed by atoms with Crippen molar-refractivity contribution in [3.63, 3.8) is 0 Å². The number of aliphatic carboxylic acids is 1. The number of fused-ring (bicyclic) bond motifs is 1. The molecule has 1 heterocycles. The van der Waals surface area contributed by atoms with Crippen LogP contribution in [0.15, 0.2) is 60.3 Å². The molecule has 8 heteroatoms. The SMILES string of the molecule is N#C/C(=C\c1cn(CC(=O)O)c2ccccc12)C(=O)Nc1ccccc1C(=O)O. The van der Waals surface area contributed by atoms with Crippen LogP contribution in [-0.4, -0.2) is 32.6 Å². The third-order valence-electron chi connectivity index (χ3n) is 4.20. The fourth-order valence-corrected chi connectivity index (χ4v) is 2.94. The number of hydrogen-bond acceptors (Lipinski definition) is 4. The van der Waals surface area contributed by atoms with Crippen molar-refractivity contribution in [1.82, 2.24) is 4.57 Å². The molecular weight excluding hydrogens is 374 g/mol. The molecule has 0 aliphatic heterocycles. The van der Waals surface area contributed by atoms with E-state index in [1.165, 1.54) is 28.8 Å². The summed E-state index contributed by atoms with van der Waals surface area (Å²) in [6.07, 6.45) is 2.90. The fourth-order valence-electron chi connectivity index (χ4n) is 2.94. The molecule has 0 unspecified atom stereocenters. The number of carbonyl (C=O) groups is 3. The maximum Gasteiger partial charge on any atom is 0.337 e. The zero-order chi connectivity index (χ0) is 21.0. The van der Waals surface area contributed by atoms with Gasteiger partial charge in [-0.1, -0.05) is 30.3 Å². The Balaban J connectivity index is 1.99. The van der Waals surface area contributed by atoms with Crippen LogP contribution in [0.3, 0.4) is 0 Å². The van der Waals surface area contributed by atoms with Gasteiger partial charge in [0.2, 0.25) is 0 Å². The highest BCUT2D eigenvalue weighted by atomic mass is 16.4. The lowest BCUT2D eigenvalue weighted by Crippen LogP contribution is -2.16. The summed E-state index contributed by atoms with van der Waals surface area (Å²) in [4.78, 5) is 34.9. The van der Waals surface area contributed by atoms with Crippen molar-refractivity contribution in [3.05, 3.63) is 71.4 Å². The Hall–Kier alpha value is -4.38. The van der Waals surface area contributed by atoms with Crippen LogP contribution in [0.2, 0.25) is 0 Å². The molecule has 1 aromatic heterocycles. The average Bonchev–Trinajstić information content (AvgIpc) is 3.03. The smallest absolute Gasteiger partial charge is 0.337 e. The first-order valence-corrected chi connectivity index (χ1v) is 8.46. The topological polar surface area (TPSA) is 132 Å². The number of aromatic nitrogens is 1. The van der Waals surface area contributed by atoms with E-state index >= 15 is 0 Å². The van der Waals surface area contributed by atoms with Gasteiger partial charge in [-0.2, -0.15) is 5.26 Å². The van der Waals surface area contributed by atoms with E-state index in [0.29, 0.717) is 16.5 Å². The van der Waals surface area contributed by atoms with Gasteiger partial charge in [0.1, 0.15) is 18.2 Å². The summed E-state index contributed by atoms with van der Waals surface area (Å²) in [6.45, 7) is -0.269. The fraction of sp³-hybridized carbons (Fsp3) is 0.0476. The van der Waals surface area contributed by atoms with Gasteiger partial charge in [0.15, 0.2) is 0 Å². The number of anilines is 1. The molecule has 3 N–H and O–H groups in total. The van der Waals surface area contributed by atoms with Gasteiger partial charge in [0, 0.05) is 22.7 Å². The molecule has 3 aromatic rings. The van der Waals surface area contributed by atoms with Gasteiger partial charge in [0.25, 0.3) is 5.91 Å². The summed E-state index contributed by atoms with van der Waals surface area (Å²) in [5.74, 6) is -3.00. The molecule has 3 rings (SSSR count). The standard InChI is InChI=1S/C21H15N3O5/c22-10-13(20(27)23-17-7-3-1-6-16(17)21(28)29)9-14-11-24(12-19(25)26)18-8-4-2-5-15(14)18/h1-9,11H,12H2,(H,23,27)(H,25,26)(H,28,29)/b13-9+. The largest absolute Gasteiger partial charge is 0.480 e. The van der Waals surface area contributed by atoms with Crippen molar-refractivity contribution in [2.75, 3.05) is 5.32 Å². The Morgan fingerprint density at radius 2 is 1.76 bits per heavy atom. The van der Waals surface area contributed by atoms with Crippen molar-refractivity contribution in [2.24, 2.45) is 0 Å². The highest BCUT2D eigenvalue weighted by Crippen LogP contribution is 2.24. The number of para-hydroxylation sites is 2. The number of carbonyl (C=O) groups excluding carboxylic acids is 1. The molecule has 0 radical (unpaired) electrons. The van der Waals surface area contributed by atoms with E-state index in [9.17, 15) is 24.8 Å². The predicted molar refractivity (Wildman–Crippen MR) is 105 cm³/mol.